The molecule has 4 rings (SSSR count). The van der Waals surface area contributed by atoms with Gasteiger partial charge in [0.2, 0.25) is 0 Å². The molecule has 1 aliphatic heterocycles. The van der Waals surface area contributed by atoms with E-state index < -0.39 is 0 Å². The fraction of sp³-hybridized carbons (Fsp3) is 0.391. The number of aliphatic hydroxyl groups excluding tert-OH is 1. The molecule has 1 aliphatic rings. The highest BCUT2D eigenvalue weighted by atomic mass is 35.5. The molecule has 27 heavy (non-hydrogen) atoms. The van der Waals surface area contributed by atoms with Crippen molar-refractivity contribution in [3.63, 3.8) is 0 Å². The zero-order valence-electron chi connectivity index (χ0n) is 16.1. The van der Waals surface area contributed by atoms with Gasteiger partial charge in [-0.15, -0.1) is 12.4 Å². The maximum atomic E-state index is 10.2. The third kappa shape index (κ3) is 3.70. The summed E-state index contributed by atoms with van der Waals surface area (Å²) < 4.78 is 0. The second-order valence-corrected chi connectivity index (χ2v) is 8.07. The van der Waals surface area contributed by atoms with Crippen LogP contribution in [0.15, 0.2) is 54.6 Å². The van der Waals surface area contributed by atoms with E-state index in [-0.39, 0.29) is 30.5 Å². The van der Waals surface area contributed by atoms with Gasteiger partial charge in [-0.25, -0.2) is 0 Å². The number of piperazine rings is 1. The normalized spacial score (nSPS) is 17.0. The fourth-order valence-corrected chi connectivity index (χ4v) is 4.45. The van der Waals surface area contributed by atoms with Crippen LogP contribution in [0.3, 0.4) is 0 Å². The zero-order chi connectivity index (χ0) is 18.1. The van der Waals surface area contributed by atoms with Gasteiger partial charge < -0.3 is 10.4 Å². The highest BCUT2D eigenvalue weighted by Gasteiger charge is 2.36. The first-order chi connectivity index (χ1) is 12.6. The molecule has 0 radical (unpaired) electrons. The van der Waals surface area contributed by atoms with Crippen LogP contribution in [-0.4, -0.2) is 42.8 Å². The van der Waals surface area contributed by atoms with E-state index in [1.165, 1.54) is 27.1 Å². The highest BCUT2D eigenvalue weighted by molar-refractivity contribution is 6.09. The lowest BCUT2D eigenvalue weighted by molar-refractivity contribution is 0.0313. The first kappa shape index (κ1) is 20.1. The van der Waals surface area contributed by atoms with Crippen molar-refractivity contribution in [1.82, 2.24) is 10.2 Å². The number of halogens is 1. The number of hydrogen-bond acceptors (Lipinski definition) is 3. The first-order valence-electron chi connectivity index (χ1n) is 9.58. The number of nitrogens with zero attached hydrogens (tertiary/aromatic N) is 1. The van der Waals surface area contributed by atoms with E-state index in [9.17, 15) is 5.11 Å². The maximum absolute atomic E-state index is 10.2. The summed E-state index contributed by atoms with van der Waals surface area (Å²) in [7, 11) is 0. The molecule has 0 aliphatic carbocycles. The van der Waals surface area contributed by atoms with E-state index in [0.717, 1.165) is 26.2 Å². The summed E-state index contributed by atoms with van der Waals surface area (Å²) in [6.07, 6.45) is 0. The molecule has 0 saturated carbocycles. The predicted molar refractivity (Wildman–Crippen MR) is 117 cm³/mol. The Hall–Kier alpha value is -1.65. The topological polar surface area (TPSA) is 35.5 Å². The predicted octanol–water partition coefficient (Wildman–Crippen LogP) is 4.38. The molecule has 144 valence electrons. The van der Waals surface area contributed by atoms with Gasteiger partial charge in [0.1, 0.15) is 0 Å². The molecule has 1 heterocycles. The lowest BCUT2D eigenvalue weighted by Crippen LogP contribution is -2.49. The third-order valence-electron chi connectivity index (χ3n) is 5.76. The minimum absolute atomic E-state index is 0. The summed E-state index contributed by atoms with van der Waals surface area (Å²) in [6.45, 7) is 8.56. The summed E-state index contributed by atoms with van der Waals surface area (Å²) >= 11 is 0. The van der Waals surface area contributed by atoms with Crippen LogP contribution in [0.25, 0.3) is 21.5 Å². The highest BCUT2D eigenvalue weighted by Crippen LogP contribution is 2.43. The number of benzene rings is 3. The summed E-state index contributed by atoms with van der Waals surface area (Å²) in [5.74, 6) is 0. The monoisotopic (exact) mass is 384 g/mol. The van der Waals surface area contributed by atoms with Gasteiger partial charge in [-0.05, 0) is 33.2 Å². The number of rotatable bonds is 4. The van der Waals surface area contributed by atoms with E-state index >= 15 is 0 Å². The molecule has 0 unspecified atom stereocenters. The molecule has 0 bridgehead atoms. The molecule has 1 atom stereocenters. The minimum Gasteiger partial charge on any atom is -0.396 e. The summed E-state index contributed by atoms with van der Waals surface area (Å²) in [4.78, 5) is 2.54. The Bertz CT molecular complexity index is 919. The van der Waals surface area contributed by atoms with E-state index in [0.29, 0.717) is 0 Å². The molecule has 1 fully saturated rings. The number of fused-ring (bicyclic) bond motifs is 3. The molecule has 2 N–H and O–H groups in total. The Morgan fingerprint density at radius 3 is 2.22 bits per heavy atom. The lowest BCUT2D eigenvalue weighted by atomic mass is 9.77. The summed E-state index contributed by atoms with van der Waals surface area (Å²) in [5, 5.41) is 18.8. The quantitative estimate of drug-likeness (QED) is 0.655. The van der Waals surface area contributed by atoms with Crippen LogP contribution >= 0.6 is 12.4 Å². The third-order valence-corrected chi connectivity index (χ3v) is 5.76. The van der Waals surface area contributed by atoms with Crippen molar-refractivity contribution >= 4 is 34.0 Å². The van der Waals surface area contributed by atoms with E-state index in [1.54, 1.807) is 0 Å². The molecule has 0 aromatic heterocycles. The molecule has 4 heteroatoms. The molecule has 3 aromatic rings. The molecule has 3 nitrogen and oxygen atoms in total. The summed E-state index contributed by atoms with van der Waals surface area (Å²) in [6, 6.07) is 19.9. The van der Waals surface area contributed by atoms with Crippen LogP contribution in [0.1, 0.15) is 25.5 Å². The Labute approximate surface area is 167 Å². The van der Waals surface area contributed by atoms with Gasteiger partial charge in [0.25, 0.3) is 0 Å². The largest absolute Gasteiger partial charge is 0.396 e. The van der Waals surface area contributed by atoms with Crippen molar-refractivity contribution in [3.05, 3.63) is 60.2 Å². The second-order valence-electron chi connectivity index (χ2n) is 8.07. The molecule has 0 spiro atoms. The van der Waals surface area contributed by atoms with Crippen LogP contribution in [0, 0.1) is 5.41 Å². The van der Waals surface area contributed by atoms with Crippen LogP contribution in [0.2, 0.25) is 0 Å². The van der Waals surface area contributed by atoms with Crippen molar-refractivity contribution in [2.45, 2.75) is 19.9 Å². The molecular formula is C23H29ClN2O. The Balaban J connectivity index is 0.00000210. The Morgan fingerprint density at radius 2 is 1.56 bits per heavy atom. The van der Waals surface area contributed by atoms with Gasteiger partial charge in [-0.3, -0.25) is 4.90 Å². The lowest BCUT2D eigenvalue weighted by Gasteiger charge is -2.44. The van der Waals surface area contributed by atoms with E-state index in [4.69, 9.17) is 0 Å². The minimum atomic E-state index is -0.220. The van der Waals surface area contributed by atoms with Gasteiger partial charge in [-0.2, -0.15) is 0 Å². The zero-order valence-corrected chi connectivity index (χ0v) is 16.9. The standard InChI is InChI=1S/C23H28N2O.ClH/c1-23(2,16-26)22(25-13-11-24-12-14-25)21-15-17-7-3-4-8-18(17)19-9-5-6-10-20(19)21;/h3-10,15,22,24,26H,11-14,16H2,1-2H3;1H/t22-;/m0./s1. The van der Waals surface area contributed by atoms with Crippen LogP contribution in [-0.2, 0) is 0 Å². The van der Waals surface area contributed by atoms with E-state index in [2.05, 4.69) is 78.7 Å². The summed E-state index contributed by atoms with van der Waals surface area (Å²) in [5.41, 5.74) is 1.11. The maximum Gasteiger partial charge on any atom is 0.0500 e. The second kappa shape index (κ2) is 8.15. The van der Waals surface area contributed by atoms with Crippen molar-refractivity contribution in [1.29, 1.82) is 0 Å². The average Bonchev–Trinajstić information content (AvgIpc) is 2.69. The number of aliphatic hydroxyl groups is 1. The van der Waals surface area contributed by atoms with Gasteiger partial charge in [-0.1, -0.05) is 62.4 Å². The molecular weight excluding hydrogens is 356 g/mol. The smallest absolute Gasteiger partial charge is 0.0500 e. The van der Waals surface area contributed by atoms with Crippen LogP contribution in [0.4, 0.5) is 0 Å². The average molecular weight is 385 g/mol. The van der Waals surface area contributed by atoms with Gasteiger partial charge in [0, 0.05) is 44.2 Å². The SMILES string of the molecule is CC(C)(CO)[C@H](c1cc2ccccc2c2ccccc12)N1CCNCC1.Cl. The van der Waals surface area contributed by atoms with Gasteiger partial charge in [0.15, 0.2) is 0 Å². The van der Waals surface area contributed by atoms with Crippen molar-refractivity contribution < 1.29 is 5.11 Å². The Morgan fingerprint density at radius 1 is 0.963 bits per heavy atom. The van der Waals surface area contributed by atoms with Crippen molar-refractivity contribution in [2.75, 3.05) is 32.8 Å². The fourth-order valence-electron chi connectivity index (χ4n) is 4.45. The van der Waals surface area contributed by atoms with Crippen molar-refractivity contribution in [3.8, 4) is 0 Å². The Kier molecular flexibility index (Phi) is 6.07. The van der Waals surface area contributed by atoms with Crippen LogP contribution in [0.5, 0.6) is 0 Å². The van der Waals surface area contributed by atoms with Gasteiger partial charge >= 0.3 is 0 Å². The van der Waals surface area contributed by atoms with Gasteiger partial charge in [0.05, 0.1) is 0 Å². The molecule has 0 amide bonds. The number of nitrogens with one attached hydrogen (secondary N) is 1. The number of hydrogen-bond donors (Lipinski definition) is 2. The molecule has 3 aromatic carbocycles. The van der Waals surface area contributed by atoms with Crippen molar-refractivity contribution in [2.24, 2.45) is 5.41 Å². The first-order valence-corrected chi connectivity index (χ1v) is 9.58. The van der Waals surface area contributed by atoms with Crippen LogP contribution < -0.4 is 5.32 Å². The van der Waals surface area contributed by atoms with E-state index in [1.807, 2.05) is 0 Å². The molecule has 1 saturated heterocycles.